The SMILES string of the molecule is C=CCOc1ccc(C=Nc2cc(C)ccc2C)cc1. The summed E-state index contributed by atoms with van der Waals surface area (Å²) in [6.07, 6.45) is 3.61. The van der Waals surface area contributed by atoms with Crippen LogP contribution in [0.15, 0.2) is 60.1 Å². The predicted octanol–water partition coefficient (Wildman–Crippen LogP) is 4.62. The van der Waals surface area contributed by atoms with Crippen LogP contribution in [-0.2, 0) is 0 Å². The van der Waals surface area contributed by atoms with Gasteiger partial charge in [0.2, 0.25) is 0 Å². The van der Waals surface area contributed by atoms with Crippen LogP contribution in [0.5, 0.6) is 5.75 Å². The maximum absolute atomic E-state index is 5.45. The Morgan fingerprint density at radius 2 is 1.85 bits per heavy atom. The van der Waals surface area contributed by atoms with E-state index in [0.29, 0.717) is 6.61 Å². The van der Waals surface area contributed by atoms with Crippen molar-refractivity contribution in [1.82, 2.24) is 0 Å². The number of benzene rings is 2. The summed E-state index contributed by atoms with van der Waals surface area (Å²) in [6.45, 7) is 8.29. The fourth-order valence-electron chi connectivity index (χ4n) is 1.81. The second-order valence-corrected chi connectivity index (χ2v) is 4.72. The van der Waals surface area contributed by atoms with E-state index in [1.165, 1.54) is 11.1 Å². The summed E-state index contributed by atoms with van der Waals surface area (Å²) in [5, 5.41) is 0. The smallest absolute Gasteiger partial charge is 0.119 e. The van der Waals surface area contributed by atoms with E-state index in [9.17, 15) is 0 Å². The highest BCUT2D eigenvalue weighted by atomic mass is 16.5. The molecule has 0 amide bonds. The van der Waals surface area contributed by atoms with E-state index in [2.05, 4.69) is 43.6 Å². The van der Waals surface area contributed by atoms with Gasteiger partial charge in [-0.3, -0.25) is 4.99 Å². The number of hydrogen-bond acceptors (Lipinski definition) is 2. The van der Waals surface area contributed by atoms with Crippen molar-refractivity contribution in [2.75, 3.05) is 6.61 Å². The van der Waals surface area contributed by atoms with E-state index in [1.807, 2.05) is 30.5 Å². The van der Waals surface area contributed by atoms with Crippen LogP contribution in [0, 0.1) is 13.8 Å². The van der Waals surface area contributed by atoms with Gasteiger partial charge in [0.25, 0.3) is 0 Å². The Morgan fingerprint density at radius 3 is 2.55 bits per heavy atom. The summed E-state index contributed by atoms with van der Waals surface area (Å²) >= 11 is 0. The summed E-state index contributed by atoms with van der Waals surface area (Å²) in [5.74, 6) is 0.841. The third-order valence-corrected chi connectivity index (χ3v) is 2.97. The first-order valence-corrected chi connectivity index (χ1v) is 6.64. The van der Waals surface area contributed by atoms with Crippen molar-refractivity contribution in [1.29, 1.82) is 0 Å². The zero-order valence-electron chi connectivity index (χ0n) is 12.0. The Kier molecular flexibility index (Phi) is 4.72. The molecule has 0 atom stereocenters. The monoisotopic (exact) mass is 265 g/mol. The van der Waals surface area contributed by atoms with Crippen molar-refractivity contribution in [3.8, 4) is 5.75 Å². The van der Waals surface area contributed by atoms with Crippen molar-refractivity contribution in [2.45, 2.75) is 13.8 Å². The molecule has 102 valence electrons. The zero-order chi connectivity index (χ0) is 14.4. The minimum atomic E-state index is 0.524. The van der Waals surface area contributed by atoms with Gasteiger partial charge in [-0.15, -0.1) is 0 Å². The summed E-state index contributed by atoms with van der Waals surface area (Å²) in [6, 6.07) is 14.1. The van der Waals surface area contributed by atoms with Gasteiger partial charge >= 0.3 is 0 Å². The highest BCUT2D eigenvalue weighted by Crippen LogP contribution is 2.20. The van der Waals surface area contributed by atoms with Gasteiger partial charge in [0.1, 0.15) is 12.4 Å². The third-order valence-electron chi connectivity index (χ3n) is 2.97. The number of aliphatic imine (C=N–C) groups is 1. The Balaban J connectivity index is 2.11. The predicted molar refractivity (Wildman–Crippen MR) is 85.3 cm³/mol. The average molecular weight is 265 g/mol. The van der Waals surface area contributed by atoms with Gasteiger partial charge in [0.05, 0.1) is 5.69 Å². The van der Waals surface area contributed by atoms with E-state index in [1.54, 1.807) is 6.08 Å². The molecule has 0 unspecified atom stereocenters. The van der Waals surface area contributed by atoms with E-state index in [-0.39, 0.29) is 0 Å². The van der Waals surface area contributed by atoms with Crippen molar-refractivity contribution in [3.63, 3.8) is 0 Å². The molecule has 20 heavy (non-hydrogen) atoms. The first-order chi connectivity index (χ1) is 9.69. The van der Waals surface area contributed by atoms with Gasteiger partial charge in [0.15, 0.2) is 0 Å². The van der Waals surface area contributed by atoms with E-state index < -0.39 is 0 Å². The molecule has 0 aliphatic rings. The van der Waals surface area contributed by atoms with Crippen LogP contribution in [0.2, 0.25) is 0 Å². The summed E-state index contributed by atoms with van der Waals surface area (Å²) in [5.41, 5.74) is 4.46. The molecular weight excluding hydrogens is 246 g/mol. The fourth-order valence-corrected chi connectivity index (χ4v) is 1.81. The van der Waals surface area contributed by atoms with Crippen LogP contribution >= 0.6 is 0 Å². The molecule has 0 fully saturated rings. The Morgan fingerprint density at radius 1 is 1.10 bits per heavy atom. The molecular formula is C18H19NO. The van der Waals surface area contributed by atoms with Gasteiger partial charge < -0.3 is 4.74 Å². The maximum Gasteiger partial charge on any atom is 0.119 e. The molecule has 0 bridgehead atoms. The number of ether oxygens (including phenoxy) is 1. The molecule has 0 saturated carbocycles. The van der Waals surface area contributed by atoms with Crippen LogP contribution < -0.4 is 4.74 Å². The van der Waals surface area contributed by atoms with Crippen LogP contribution in [0.3, 0.4) is 0 Å². The number of rotatable bonds is 5. The molecule has 0 aliphatic heterocycles. The first-order valence-electron chi connectivity index (χ1n) is 6.64. The normalized spacial score (nSPS) is 10.7. The lowest BCUT2D eigenvalue weighted by atomic mass is 10.1. The summed E-state index contributed by atoms with van der Waals surface area (Å²) in [7, 11) is 0. The molecule has 2 aromatic carbocycles. The van der Waals surface area contributed by atoms with E-state index >= 15 is 0 Å². The Bertz CT molecular complexity index is 612. The third kappa shape index (κ3) is 3.82. The molecule has 0 aliphatic carbocycles. The molecule has 0 spiro atoms. The molecule has 0 aromatic heterocycles. The lowest BCUT2D eigenvalue weighted by Crippen LogP contribution is -1.92. The minimum absolute atomic E-state index is 0.524. The molecule has 2 rings (SSSR count). The zero-order valence-corrected chi connectivity index (χ0v) is 12.0. The van der Waals surface area contributed by atoms with Crippen molar-refractivity contribution >= 4 is 11.9 Å². The van der Waals surface area contributed by atoms with Gasteiger partial charge in [-0.25, -0.2) is 0 Å². The highest BCUT2D eigenvalue weighted by Gasteiger charge is 1.96. The largest absolute Gasteiger partial charge is 0.490 e. The van der Waals surface area contributed by atoms with Gasteiger partial charge in [0, 0.05) is 6.21 Å². The molecule has 2 nitrogen and oxygen atoms in total. The molecule has 0 saturated heterocycles. The van der Waals surface area contributed by atoms with Gasteiger partial charge in [-0.2, -0.15) is 0 Å². The standard InChI is InChI=1S/C18H19NO/c1-4-11-20-17-9-7-16(8-10-17)13-19-18-12-14(2)5-6-15(18)3/h4-10,12-13H,1,11H2,2-3H3. The quantitative estimate of drug-likeness (QED) is 0.571. The van der Waals surface area contributed by atoms with Crippen LogP contribution in [-0.4, -0.2) is 12.8 Å². The second-order valence-electron chi connectivity index (χ2n) is 4.72. The molecule has 0 heterocycles. The molecule has 2 heteroatoms. The lowest BCUT2D eigenvalue weighted by molar-refractivity contribution is 0.363. The minimum Gasteiger partial charge on any atom is -0.490 e. The maximum atomic E-state index is 5.45. The summed E-state index contributed by atoms with van der Waals surface area (Å²) < 4.78 is 5.45. The fraction of sp³-hybridized carbons (Fsp3) is 0.167. The first kappa shape index (κ1) is 14.1. The second kappa shape index (κ2) is 6.71. The van der Waals surface area contributed by atoms with Gasteiger partial charge in [-0.05, 0) is 60.9 Å². The van der Waals surface area contributed by atoms with Crippen LogP contribution in [0.4, 0.5) is 5.69 Å². The summed E-state index contributed by atoms with van der Waals surface area (Å²) in [4.78, 5) is 4.55. The lowest BCUT2D eigenvalue weighted by Gasteiger charge is -2.03. The molecule has 2 aromatic rings. The Hall–Kier alpha value is -2.35. The van der Waals surface area contributed by atoms with Crippen molar-refractivity contribution < 1.29 is 4.74 Å². The Labute approximate surface area is 120 Å². The number of aryl methyl sites for hydroxylation is 2. The van der Waals surface area contributed by atoms with Crippen molar-refractivity contribution in [2.24, 2.45) is 4.99 Å². The highest BCUT2D eigenvalue weighted by molar-refractivity contribution is 5.82. The number of nitrogens with zero attached hydrogens (tertiary/aromatic N) is 1. The van der Waals surface area contributed by atoms with Gasteiger partial charge in [-0.1, -0.05) is 24.8 Å². The van der Waals surface area contributed by atoms with Crippen molar-refractivity contribution in [3.05, 3.63) is 71.8 Å². The molecule has 0 radical (unpaired) electrons. The van der Waals surface area contributed by atoms with E-state index in [0.717, 1.165) is 17.0 Å². The van der Waals surface area contributed by atoms with E-state index in [4.69, 9.17) is 4.74 Å². The molecule has 0 N–H and O–H groups in total. The number of hydrogen-bond donors (Lipinski definition) is 0. The van der Waals surface area contributed by atoms with Crippen LogP contribution in [0.25, 0.3) is 0 Å². The van der Waals surface area contributed by atoms with Crippen LogP contribution in [0.1, 0.15) is 16.7 Å². The average Bonchev–Trinajstić information content (AvgIpc) is 2.47. The topological polar surface area (TPSA) is 21.6 Å².